The number of nitrogens with one attached hydrogen (secondary N) is 1. The number of ether oxygens (including phenoxy) is 1. The van der Waals surface area contributed by atoms with Crippen molar-refractivity contribution in [3.05, 3.63) is 88.0 Å². The number of amides is 2. The maximum absolute atomic E-state index is 14.1. The van der Waals surface area contributed by atoms with Crippen LogP contribution in [0.25, 0.3) is 5.57 Å². The second-order valence-electron chi connectivity index (χ2n) is 6.60. The number of anilines is 1. The van der Waals surface area contributed by atoms with E-state index in [1.807, 2.05) is 24.4 Å². The first-order valence-electron chi connectivity index (χ1n) is 9.46. The number of imide groups is 1. The van der Waals surface area contributed by atoms with E-state index in [9.17, 15) is 14.0 Å². The van der Waals surface area contributed by atoms with Crippen LogP contribution in [0.4, 0.5) is 10.1 Å². The van der Waals surface area contributed by atoms with Gasteiger partial charge in [-0.05, 0) is 36.6 Å². The van der Waals surface area contributed by atoms with Gasteiger partial charge < -0.3 is 10.1 Å². The van der Waals surface area contributed by atoms with Crippen molar-refractivity contribution in [2.45, 2.75) is 13.5 Å². The molecule has 0 bridgehead atoms. The van der Waals surface area contributed by atoms with Crippen molar-refractivity contribution in [3.63, 3.8) is 0 Å². The number of thiophene rings is 1. The molecule has 2 heterocycles. The van der Waals surface area contributed by atoms with Crippen molar-refractivity contribution in [3.8, 4) is 5.75 Å². The lowest BCUT2D eigenvalue weighted by Crippen LogP contribution is -2.32. The van der Waals surface area contributed by atoms with Crippen LogP contribution in [0, 0.1) is 5.82 Å². The number of halogens is 1. The summed E-state index contributed by atoms with van der Waals surface area (Å²) in [6, 6.07) is 16.9. The molecule has 0 saturated carbocycles. The summed E-state index contributed by atoms with van der Waals surface area (Å²) < 4.78 is 19.7. The van der Waals surface area contributed by atoms with Crippen molar-refractivity contribution in [2.75, 3.05) is 11.9 Å². The zero-order valence-corrected chi connectivity index (χ0v) is 17.0. The number of benzene rings is 2. The number of rotatable bonds is 7. The van der Waals surface area contributed by atoms with Crippen LogP contribution < -0.4 is 10.1 Å². The number of nitrogens with zero attached hydrogens (tertiary/aromatic N) is 1. The third kappa shape index (κ3) is 3.84. The van der Waals surface area contributed by atoms with Gasteiger partial charge in [0.25, 0.3) is 11.8 Å². The summed E-state index contributed by atoms with van der Waals surface area (Å²) in [5, 5.41) is 4.93. The van der Waals surface area contributed by atoms with Crippen LogP contribution in [-0.2, 0) is 16.1 Å². The Balaban J connectivity index is 1.70. The van der Waals surface area contributed by atoms with Gasteiger partial charge in [-0.1, -0.05) is 30.3 Å². The van der Waals surface area contributed by atoms with Gasteiger partial charge >= 0.3 is 0 Å². The van der Waals surface area contributed by atoms with Crippen LogP contribution in [-0.4, -0.2) is 23.3 Å². The monoisotopic (exact) mass is 422 g/mol. The minimum absolute atomic E-state index is 0.136. The molecule has 0 atom stereocenters. The summed E-state index contributed by atoms with van der Waals surface area (Å²) in [6.45, 7) is 2.26. The first-order chi connectivity index (χ1) is 14.6. The zero-order chi connectivity index (χ0) is 21.1. The summed E-state index contributed by atoms with van der Waals surface area (Å²) in [4.78, 5) is 28.1. The number of carbonyl (C=O) groups excluding carboxylic acids is 2. The first-order valence-corrected chi connectivity index (χ1v) is 10.3. The van der Waals surface area contributed by atoms with E-state index in [0.717, 1.165) is 4.90 Å². The van der Waals surface area contributed by atoms with Crippen molar-refractivity contribution in [1.82, 2.24) is 4.90 Å². The second-order valence-corrected chi connectivity index (χ2v) is 7.55. The third-order valence-electron chi connectivity index (χ3n) is 4.64. The van der Waals surface area contributed by atoms with E-state index in [1.54, 1.807) is 42.5 Å². The summed E-state index contributed by atoms with van der Waals surface area (Å²) in [6.07, 6.45) is 0. The molecule has 2 aromatic carbocycles. The Hall–Kier alpha value is -3.45. The van der Waals surface area contributed by atoms with E-state index < -0.39 is 17.6 Å². The number of carbonyl (C=O) groups is 2. The summed E-state index contributed by atoms with van der Waals surface area (Å²) in [5.74, 6) is -0.745. The van der Waals surface area contributed by atoms with Crippen LogP contribution >= 0.6 is 11.3 Å². The van der Waals surface area contributed by atoms with Gasteiger partial charge in [0.05, 0.1) is 18.7 Å². The Bertz CT molecular complexity index is 1120. The Morgan fingerprint density at radius 1 is 1.03 bits per heavy atom. The second kappa shape index (κ2) is 8.51. The maximum Gasteiger partial charge on any atom is 0.278 e. The molecule has 30 heavy (non-hydrogen) atoms. The topological polar surface area (TPSA) is 58.6 Å². The normalized spacial score (nSPS) is 13.9. The lowest BCUT2D eigenvalue weighted by molar-refractivity contribution is -0.137. The molecular formula is C23H19FN2O3S. The SMILES string of the molecule is CCOc1cccc(NC2=C(c3cccs3)C(=O)N(Cc3ccccc3F)C2=O)c1. The number of hydrogen-bond acceptors (Lipinski definition) is 5. The number of hydrogen-bond donors (Lipinski definition) is 1. The predicted molar refractivity (Wildman–Crippen MR) is 114 cm³/mol. The first kappa shape index (κ1) is 19.8. The van der Waals surface area contributed by atoms with Crippen LogP contribution in [0.15, 0.2) is 71.7 Å². The molecule has 5 nitrogen and oxygen atoms in total. The Morgan fingerprint density at radius 2 is 1.87 bits per heavy atom. The third-order valence-corrected chi connectivity index (χ3v) is 5.52. The van der Waals surface area contributed by atoms with Gasteiger partial charge in [0.15, 0.2) is 0 Å². The average molecular weight is 422 g/mol. The van der Waals surface area contributed by atoms with Crippen molar-refractivity contribution in [2.24, 2.45) is 0 Å². The average Bonchev–Trinajstić information content (AvgIpc) is 3.33. The highest BCUT2D eigenvalue weighted by Gasteiger charge is 2.40. The lowest BCUT2D eigenvalue weighted by atomic mass is 10.1. The summed E-state index contributed by atoms with van der Waals surface area (Å²) in [7, 11) is 0. The predicted octanol–water partition coefficient (Wildman–Crippen LogP) is 4.68. The molecule has 7 heteroatoms. The van der Waals surface area contributed by atoms with Gasteiger partial charge in [0, 0.05) is 22.2 Å². The van der Waals surface area contributed by atoms with Gasteiger partial charge in [-0.25, -0.2) is 4.39 Å². The molecule has 1 aromatic heterocycles. The molecular weight excluding hydrogens is 403 g/mol. The summed E-state index contributed by atoms with van der Waals surface area (Å²) in [5.41, 5.74) is 1.36. The Labute approximate surface area is 177 Å². The van der Waals surface area contributed by atoms with E-state index in [-0.39, 0.29) is 23.4 Å². The fourth-order valence-corrected chi connectivity index (χ4v) is 4.02. The van der Waals surface area contributed by atoms with Gasteiger partial charge in [0.1, 0.15) is 17.3 Å². The molecule has 1 aliphatic rings. The molecule has 0 unspecified atom stereocenters. The van der Waals surface area contributed by atoms with E-state index in [1.165, 1.54) is 17.4 Å². The van der Waals surface area contributed by atoms with Crippen LogP contribution in [0.1, 0.15) is 17.4 Å². The van der Waals surface area contributed by atoms with E-state index in [2.05, 4.69) is 5.32 Å². The van der Waals surface area contributed by atoms with Gasteiger partial charge in [-0.15, -0.1) is 11.3 Å². The molecule has 4 rings (SSSR count). The van der Waals surface area contributed by atoms with Crippen LogP contribution in [0.3, 0.4) is 0 Å². The molecule has 3 aromatic rings. The van der Waals surface area contributed by atoms with E-state index >= 15 is 0 Å². The molecule has 2 amide bonds. The maximum atomic E-state index is 14.1. The van der Waals surface area contributed by atoms with Crippen LogP contribution in [0.2, 0.25) is 0 Å². The van der Waals surface area contributed by atoms with Gasteiger partial charge in [-0.3, -0.25) is 14.5 Å². The zero-order valence-electron chi connectivity index (χ0n) is 16.2. The highest BCUT2D eigenvalue weighted by atomic mass is 32.1. The molecule has 1 aliphatic heterocycles. The summed E-state index contributed by atoms with van der Waals surface area (Å²) >= 11 is 1.37. The molecule has 0 radical (unpaired) electrons. The van der Waals surface area contributed by atoms with Crippen molar-refractivity contribution in [1.29, 1.82) is 0 Å². The highest BCUT2D eigenvalue weighted by Crippen LogP contribution is 2.34. The quantitative estimate of drug-likeness (QED) is 0.562. The van der Waals surface area contributed by atoms with Gasteiger partial charge in [0.2, 0.25) is 0 Å². The molecule has 0 aliphatic carbocycles. The van der Waals surface area contributed by atoms with Crippen LogP contribution in [0.5, 0.6) is 5.75 Å². The lowest BCUT2D eigenvalue weighted by Gasteiger charge is -2.16. The van der Waals surface area contributed by atoms with Crippen molar-refractivity contribution < 1.29 is 18.7 Å². The molecule has 0 fully saturated rings. The fraction of sp³-hybridized carbons (Fsp3) is 0.130. The Morgan fingerprint density at radius 3 is 2.60 bits per heavy atom. The van der Waals surface area contributed by atoms with E-state index in [0.29, 0.717) is 22.9 Å². The Kier molecular flexibility index (Phi) is 5.63. The fourth-order valence-electron chi connectivity index (χ4n) is 3.26. The molecule has 0 spiro atoms. The minimum atomic E-state index is -0.492. The smallest absolute Gasteiger partial charge is 0.278 e. The van der Waals surface area contributed by atoms with Gasteiger partial charge in [-0.2, -0.15) is 0 Å². The molecule has 0 saturated heterocycles. The highest BCUT2D eigenvalue weighted by molar-refractivity contribution is 7.11. The molecule has 1 N–H and O–H groups in total. The minimum Gasteiger partial charge on any atom is -0.494 e. The van der Waals surface area contributed by atoms with Crippen molar-refractivity contribution >= 4 is 34.4 Å². The standard InChI is InChI=1S/C23H19FN2O3S/c1-2-29-17-9-5-8-16(13-17)25-21-20(19-11-6-12-30-19)22(27)26(23(21)28)14-15-7-3-4-10-18(15)24/h3-13,25H,2,14H2,1H3. The van der Waals surface area contributed by atoms with E-state index in [4.69, 9.17) is 4.74 Å². The molecule has 152 valence electrons. The largest absolute Gasteiger partial charge is 0.494 e.